The van der Waals surface area contributed by atoms with Crippen LogP contribution in [0.5, 0.6) is 0 Å². The molecule has 0 aliphatic heterocycles. The van der Waals surface area contributed by atoms with Crippen molar-refractivity contribution in [2.24, 2.45) is 39.9 Å². The van der Waals surface area contributed by atoms with E-state index in [0.29, 0.717) is 6.42 Å². The van der Waals surface area contributed by atoms with Crippen molar-refractivity contribution < 1.29 is 29.3 Å². The normalized spacial score (nSPS) is 47.0. The molecule has 0 amide bonds. The molecule has 5 rings (SSSR count). The first-order valence-corrected chi connectivity index (χ1v) is 13.3. The minimum absolute atomic E-state index is 0.0867. The molecule has 1 aromatic rings. The van der Waals surface area contributed by atoms with Gasteiger partial charge in [-0.2, -0.15) is 0 Å². The van der Waals surface area contributed by atoms with E-state index in [2.05, 4.69) is 13.8 Å². The molecule has 0 unspecified atom stereocenters. The average molecular weight is 497 g/mol. The molecule has 196 valence electrons. The number of ether oxygens (including phenoxy) is 2. The second kappa shape index (κ2) is 8.24. The summed E-state index contributed by atoms with van der Waals surface area (Å²) in [5.41, 5.74) is -2.55. The maximum Gasteiger partial charge on any atom is 0.331 e. The maximum absolute atomic E-state index is 14.8. The van der Waals surface area contributed by atoms with Crippen molar-refractivity contribution >= 4 is 17.8 Å². The predicted octanol–water partition coefficient (Wildman–Crippen LogP) is 4.04. The number of hydrogen-bond acceptors (Lipinski definition) is 6. The number of esters is 1. The van der Waals surface area contributed by atoms with Crippen molar-refractivity contribution in [2.75, 3.05) is 7.11 Å². The highest BCUT2D eigenvalue weighted by Gasteiger charge is 2.81. The van der Waals surface area contributed by atoms with Gasteiger partial charge in [-0.05, 0) is 48.2 Å². The molecule has 0 spiro atoms. The van der Waals surface area contributed by atoms with Crippen LogP contribution in [0, 0.1) is 39.9 Å². The monoisotopic (exact) mass is 496 g/mol. The average Bonchev–Trinajstić information content (AvgIpc) is 3.09. The van der Waals surface area contributed by atoms with Gasteiger partial charge in [-0.15, -0.1) is 0 Å². The Labute approximate surface area is 214 Å². The third-order valence-corrected chi connectivity index (χ3v) is 11.0. The van der Waals surface area contributed by atoms with Gasteiger partial charge < -0.3 is 19.7 Å². The largest absolute Gasteiger partial charge is 0.447 e. The van der Waals surface area contributed by atoms with E-state index >= 15 is 0 Å². The standard InChI is InChI=1S/C30H40O6/c1-17-16-30(36-20(31)13-12-18-10-8-7-9-11-18)22(23(17)32)24(33)28(4)15-14-19-21(29(28,5)26(30)34)25(35-6)27(19,2)3/h7-13,17,19,21-25,32-33H,14-16H2,1-6H3/b13-12+/t17-,19+,21-,22+,23-,24+,25+,28-,29+,30+/m0/s1. The first kappa shape index (κ1) is 25.6. The number of carbonyl (C=O) groups excluding carboxylic acids is 2. The number of Topliss-reactive ketones (excluding diaryl/α,β-unsaturated/α-hetero) is 1. The van der Waals surface area contributed by atoms with Crippen LogP contribution < -0.4 is 0 Å². The van der Waals surface area contributed by atoms with E-state index < -0.39 is 40.5 Å². The number of ketones is 1. The Hall–Kier alpha value is -2.02. The summed E-state index contributed by atoms with van der Waals surface area (Å²) in [4.78, 5) is 28.0. The second-order valence-corrected chi connectivity index (χ2v) is 12.8. The number of aliphatic hydroxyl groups excluding tert-OH is 2. The molecule has 4 fully saturated rings. The lowest BCUT2D eigenvalue weighted by Crippen LogP contribution is -2.79. The molecule has 0 bridgehead atoms. The Balaban J connectivity index is 1.57. The minimum atomic E-state index is -1.58. The fourth-order valence-corrected chi connectivity index (χ4v) is 8.88. The van der Waals surface area contributed by atoms with Gasteiger partial charge in [0.1, 0.15) is 0 Å². The van der Waals surface area contributed by atoms with E-state index in [1.807, 2.05) is 51.1 Å². The van der Waals surface area contributed by atoms with E-state index in [0.717, 1.165) is 12.0 Å². The molecule has 6 heteroatoms. The van der Waals surface area contributed by atoms with E-state index in [1.54, 1.807) is 13.2 Å². The molecule has 6 nitrogen and oxygen atoms in total. The second-order valence-electron chi connectivity index (χ2n) is 12.8. The van der Waals surface area contributed by atoms with Crippen molar-refractivity contribution in [3.63, 3.8) is 0 Å². The Morgan fingerprint density at radius 1 is 1.08 bits per heavy atom. The first-order chi connectivity index (χ1) is 16.9. The van der Waals surface area contributed by atoms with E-state index in [1.165, 1.54) is 6.08 Å². The van der Waals surface area contributed by atoms with Crippen molar-refractivity contribution in [2.45, 2.75) is 77.8 Å². The molecular weight excluding hydrogens is 456 g/mol. The summed E-state index contributed by atoms with van der Waals surface area (Å²) in [7, 11) is 1.69. The summed E-state index contributed by atoms with van der Waals surface area (Å²) in [6, 6.07) is 9.40. The van der Waals surface area contributed by atoms with Crippen LogP contribution in [0.1, 0.15) is 59.4 Å². The smallest absolute Gasteiger partial charge is 0.331 e. The number of fused-ring (bicyclic) bond motifs is 4. The highest BCUT2D eigenvalue weighted by molar-refractivity contribution is 5.99. The number of carbonyl (C=O) groups is 2. The van der Waals surface area contributed by atoms with Gasteiger partial charge in [0.25, 0.3) is 0 Å². The van der Waals surface area contributed by atoms with Crippen LogP contribution in [0.2, 0.25) is 0 Å². The molecule has 10 atom stereocenters. The van der Waals surface area contributed by atoms with Gasteiger partial charge in [-0.1, -0.05) is 65.0 Å². The van der Waals surface area contributed by atoms with E-state index in [4.69, 9.17) is 9.47 Å². The van der Waals surface area contributed by atoms with Crippen molar-refractivity contribution in [3.8, 4) is 0 Å². The molecule has 0 heterocycles. The fourth-order valence-electron chi connectivity index (χ4n) is 8.88. The zero-order valence-corrected chi connectivity index (χ0v) is 22.2. The van der Waals surface area contributed by atoms with Crippen LogP contribution in [-0.2, 0) is 19.1 Å². The molecule has 2 N–H and O–H groups in total. The van der Waals surface area contributed by atoms with Crippen LogP contribution in [-0.4, -0.2) is 53.0 Å². The van der Waals surface area contributed by atoms with E-state index in [9.17, 15) is 19.8 Å². The van der Waals surface area contributed by atoms with Crippen molar-refractivity contribution in [1.29, 1.82) is 0 Å². The molecule has 0 radical (unpaired) electrons. The Morgan fingerprint density at radius 3 is 2.39 bits per heavy atom. The third-order valence-electron chi connectivity index (χ3n) is 11.0. The minimum Gasteiger partial charge on any atom is -0.447 e. The summed E-state index contributed by atoms with van der Waals surface area (Å²) >= 11 is 0. The van der Waals surface area contributed by atoms with Gasteiger partial charge in [0.2, 0.25) is 0 Å². The SMILES string of the molecule is CO[C@@H]1[C@@H]2[C@@H](CC[C@@]3(C)[C@H](O)[C@H]4[C@@H](O)[C@@H](C)C[C@]4(OC(=O)/C=C/c4ccccc4)C(=O)[C@@]23C)C1(C)C. The molecule has 0 aromatic heterocycles. The summed E-state index contributed by atoms with van der Waals surface area (Å²) in [5.74, 6) is -1.78. The summed E-state index contributed by atoms with van der Waals surface area (Å²) < 4.78 is 12.1. The lowest BCUT2D eigenvalue weighted by atomic mass is 9.32. The van der Waals surface area contributed by atoms with Crippen LogP contribution in [0.25, 0.3) is 6.08 Å². The molecule has 4 aliphatic rings. The van der Waals surface area contributed by atoms with Crippen molar-refractivity contribution in [1.82, 2.24) is 0 Å². The lowest BCUT2D eigenvalue weighted by molar-refractivity contribution is -0.299. The van der Waals surface area contributed by atoms with Gasteiger partial charge in [0.05, 0.1) is 24.2 Å². The topological polar surface area (TPSA) is 93.1 Å². The Kier molecular flexibility index (Phi) is 5.86. The molecule has 36 heavy (non-hydrogen) atoms. The number of hydrogen-bond donors (Lipinski definition) is 2. The van der Waals surface area contributed by atoms with Gasteiger partial charge in [-0.25, -0.2) is 4.79 Å². The zero-order chi connectivity index (χ0) is 26.3. The quantitative estimate of drug-likeness (QED) is 0.483. The maximum atomic E-state index is 14.8. The lowest BCUT2D eigenvalue weighted by Gasteiger charge is -2.73. The number of benzene rings is 1. The number of aliphatic hydroxyl groups is 2. The summed E-state index contributed by atoms with van der Waals surface area (Å²) in [5, 5.41) is 23.2. The Morgan fingerprint density at radius 2 is 1.75 bits per heavy atom. The molecule has 0 saturated heterocycles. The van der Waals surface area contributed by atoms with Crippen LogP contribution in [0.15, 0.2) is 36.4 Å². The van der Waals surface area contributed by atoms with Gasteiger partial charge in [-0.3, -0.25) is 4.79 Å². The zero-order valence-electron chi connectivity index (χ0n) is 22.2. The van der Waals surface area contributed by atoms with Gasteiger partial charge >= 0.3 is 5.97 Å². The molecule has 4 aliphatic carbocycles. The number of rotatable bonds is 4. The van der Waals surface area contributed by atoms with E-state index in [-0.39, 0.29) is 41.5 Å². The van der Waals surface area contributed by atoms with Gasteiger partial charge in [0, 0.05) is 29.9 Å². The number of methoxy groups -OCH3 is 1. The van der Waals surface area contributed by atoms with Crippen molar-refractivity contribution in [3.05, 3.63) is 42.0 Å². The first-order valence-electron chi connectivity index (χ1n) is 13.3. The van der Waals surface area contributed by atoms with Crippen LogP contribution in [0.3, 0.4) is 0 Å². The highest BCUT2D eigenvalue weighted by atomic mass is 16.6. The highest BCUT2D eigenvalue weighted by Crippen LogP contribution is 2.74. The third kappa shape index (κ3) is 3.07. The summed E-state index contributed by atoms with van der Waals surface area (Å²) in [6.07, 6.45) is 2.67. The van der Waals surface area contributed by atoms with Crippen LogP contribution >= 0.6 is 0 Å². The fraction of sp³-hybridized carbons (Fsp3) is 0.667. The molecule has 1 aromatic carbocycles. The molecule has 4 saturated carbocycles. The predicted molar refractivity (Wildman–Crippen MR) is 136 cm³/mol. The summed E-state index contributed by atoms with van der Waals surface area (Å²) in [6.45, 7) is 10.2. The molecular formula is C30H40O6. The van der Waals surface area contributed by atoms with Gasteiger partial charge in [0.15, 0.2) is 11.4 Å². The Bertz CT molecular complexity index is 1070. The van der Waals surface area contributed by atoms with Crippen LogP contribution in [0.4, 0.5) is 0 Å².